The van der Waals surface area contributed by atoms with Gasteiger partial charge in [-0.1, -0.05) is 29.8 Å². The lowest BCUT2D eigenvalue weighted by Crippen LogP contribution is -2.47. The largest absolute Gasteiger partial charge is 0.494 e. The number of nitrogens with zero attached hydrogens (tertiary/aromatic N) is 1. The molecular formula is C23H26BrN3O4. The Bertz CT molecular complexity index is 975. The van der Waals surface area contributed by atoms with E-state index in [0.717, 1.165) is 10.9 Å². The van der Waals surface area contributed by atoms with Crippen LogP contribution < -0.4 is 20.3 Å². The van der Waals surface area contributed by atoms with Crippen LogP contribution in [-0.2, 0) is 9.59 Å². The van der Waals surface area contributed by atoms with Gasteiger partial charge in [0, 0.05) is 34.8 Å². The average molecular weight is 488 g/mol. The zero-order chi connectivity index (χ0) is 22.5. The zero-order valence-electron chi connectivity index (χ0n) is 17.8. The molecule has 0 aliphatic carbocycles. The van der Waals surface area contributed by atoms with Crippen LogP contribution in [-0.4, -0.2) is 37.4 Å². The molecule has 0 aromatic heterocycles. The van der Waals surface area contributed by atoms with E-state index in [1.54, 1.807) is 47.4 Å². The minimum Gasteiger partial charge on any atom is -0.494 e. The van der Waals surface area contributed by atoms with Crippen LogP contribution in [0.2, 0.25) is 0 Å². The van der Waals surface area contributed by atoms with Gasteiger partial charge in [0.1, 0.15) is 11.8 Å². The first-order valence-corrected chi connectivity index (χ1v) is 10.9. The molecule has 3 rings (SSSR count). The van der Waals surface area contributed by atoms with Crippen molar-refractivity contribution in [1.82, 2.24) is 5.32 Å². The Labute approximate surface area is 190 Å². The van der Waals surface area contributed by atoms with Crippen LogP contribution in [0.25, 0.3) is 0 Å². The lowest BCUT2D eigenvalue weighted by atomic mass is 10.0. The summed E-state index contributed by atoms with van der Waals surface area (Å²) < 4.78 is 6.32. The Morgan fingerprint density at radius 3 is 2.42 bits per heavy atom. The highest BCUT2D eigenvalue weighted by Crippen LogP contribution is 2.34. The number of carbonyl (C=O) groups is 3. The molecule has 2 aromatic carbocycles. The van der Waals surface area contributed by atoms with Crippen molar-refractivity contribution in [2.24, 2.45) is 5.92 Å². The van der Waals surface area contributed by atoms with Crippen molar-refractivity contribution < 1.29 is 19.1 Å². The molecule has 31 heavy (non-hydrogen) atoms. The molecule has 0 saturated carbocycles. The van der Waals surface area contributed by atoms with Gasteiger partial charge in [0.05, 0.1) is 12.8 Å². The lowest BCUT2D eigenvalue weighted by Gasteiger charge is -2.23. The number of halogens is 1. The Hall–Kier alpha value is -2.87. The molecule has 164 valence electrons. The van der Waals surface area contributed by atoms with Gasteiger partial charge in [0.25, 0.3) is 5.91 Å². The van der Waals surface area contributed by atoms with Gasteiger partial charge in [0.2, 0.25) is 11.8 Å². The zero-order valence-corrected chi connectivity index (χ0v) is 19.4. The van der Waals surface area contributed by atoms with Crippen molar-refractivity contribution in [3.8, 4) is 5.75 Å². The third-order valence-electron chi connectivity index (χ3n) is 5.15. The van der Waals surface area contributed by atoms with Gasteiger partial charge >= 0.3 is 0 Å². The summed E-state index contributed by atoms with van der Waals surface area (Å²) in [5.74, 6) is -0.198. The molecule has 0 radical (unpaired) electrons. The molecule has 0 bridgehead atoms. The molecular weight excluding hydrogens is 462 g/mol. The number of hydrogen-bond donors (Lipinski definition) is 2. The summed E-state index contributed by atoms with van der Waals surface area (Å²) in [7, 11) is 1.53. The summed E-state index contributed by atoms with van der Waals surface area (Å²) >= 11 is 3.34. The molecule has 8 heteroatoms. The van der Waals surface area contributed by atoms with Crippen LogP contribution in [0.3, 0.4) is 0 Å². The molecule has 2 N–H and O–H groups in total. The Kier molecular flexibility index (Phi) is 7.33. The maximum atomic E-state index is 12.9. The van der Waals surface area contributed by atoms with Crippen LogP contribution in [0.1, 0.15) is 37.0 Å². The summed E-state index contributed by atoms with van der Waals surface area (Å²) in [5.41, 5.74) is 1.69. The van der Waals surface area contributed by atoms with Crippen LogP contribution in [0.5, 0.6) is 5.75 Å². The maximum absolute atomic E-state index is 12.9. The van der Waals surface area contributed by atoms with Crippen LogP contribution in [0.4, 0.5) is 11.4 Å². The number of ether oxygens (including phenoxy) is 1. The summed E-state index contributed by atoms with van der Waals surface area (Å²) in [6, 6.07) is 11.4. The van der Waals surface area contributed by atoms with Crippen LogP contribution in [0, 0.1) is 5.92 Å². The molecule has 2 aromatic rings. The van der Waals surface area contributed by atoms with Gasteiger partial charge in [-0.05, 0) is 48.7 Å². The van der Waals surface area contributed by atoms with Gasteiger partial charge in [0.15, 0.2) is 0 Å². The Morgan fingerprint density at radius 1 is 1.13 bits per heavy atom. The van der Waals surface area contributed by atoms with Gasteiger partial charge in [-0.15, -0.1) is 0 Å². The lowest BCUT2D eigenvalue weighted by molar-refractivity contribution is -0.119. The highest BCUT2D eigenvalue weighted by atomic mass is 79.9. The fourth-order valence-corrected chi connectivity index (χ4v) is 3.73. The summed E-state index contributed by atoms with van der Waals surface area (Å²) in [6.45, 7) is 4.39. The molecule has 1 atom stereocenters. The SMILES string of the molecule is COc1cc(NC(=O)C(NC(=O)c2ccc(Br)cc2)C(C)C)ccc1N1CCCC1=O. The molecule has 1 unspecified atom stereocenters. The minimum absolute atomic E-state index is 0.0608. The van der Waals surface area contributed by atoms with Gasteiger partial charge < -0.3 is 20.3 Å². The number of rotatable bonds is 7. The third kappa shape index (κ3) is 5.44. The second-order valence-corrected chi connectivity index (χ2v) is 8.64. The number of methoxy groups -OCH3 is 1. The van der Waals surface area contributed by atoms with Crippen molar-refractivity contribution in [2.75, 3.05) is 23.9 Å². The van der Waals surface area contributed by atoms with E-state index < -0.39 is 6.04 Å². The average Bonchev–Trinajstić information content (AvgIpc) is 3.17. The van der Waals surface area contributed by atoms with Crippen molar-refractivity contribution in [3.63, 3.8) is 0 Å². The molecule has 1 aliphatic heterocycles. The van der Waals surface area contributed by atoms with E-state index in [9.17, 15) is 14.4 Å². The smallest absolute Gasteiger partial charge is 0.251 e. The molecule has 1 saturated heterocycles. The third-order valence-corrected chi connectivity index (χ3v) is 5.68. The highest BCUT2D eigenvalue weighted by Gasteiger charge is 2.27. The first kappa shape index (κ1) is 22.8. The normalized spacial score (nSPS) is 14.5. The van der Waals surface area contributed by atoms with E-state index in [1.165, 1.54) is 7.11 Å². The molecule has 1 fully saturated rings. The van der Waals surface area contributed by atoms with Crippen LogP contribution >= 0.6 is 15.9 Å². The first-order valence-electron chi connectivity index (χ1n) is 10.2. The quantitative estimate of drug-likeness (QED) is 0.618. The fraction of sp³-hybridized carbons (Fsp3) is 0.348. The monoisotopic (exact) mass is 487 g/mol. The van der Waals surface area contributed by atoms with Crippen molar-refractivity contribution in [3.05, 3.63) is 52.5 Å². The molecule has 7 nitrogen and oxygen atoms in total. The summed E-state index contributed by atoms with van der Waals surface area (Å²) in [6.07, 6.45) is 1.34. The number of benzene rings is 2. The number of anilines is 2. The standard InChI is InChI=1S/C23H26BrN3O4/c1-14(2)21(26-22(29)15-6-8-16(24)9-7-15)23(30)25-17-10-11-18(19(13-17)31-3)27-12-4-5-20(27)28/h6-11,13-14,21H,4-5,12H2,1-3H3,(H,25,30)(H,26,29). The van der Waals surface area contributed by atoms with Crippen molar-refractivity contribution >= 4 is 45.0 Å². The molecule has 3 amide bonds. The summed E-state index contributed by atoms with van der Waals surface area (Å²) in [4.78, 5) is 39.3. The predicted octanol–water partition coefficient (Wildman–Crippen LogP) is 3.98. The minimum atomic E-state index is -0.720. The second kappa shape index (κ2) is 9.96. The summed E-state index contributed by atoms with van der Waals surface area (Å²) in [5, 5.41) is 5.66. The van der Waals surface area contributed by atoms with E-state index in [4.69, 9.17) is 4.74 Å². The van der Waals surface area contributed by atoms with E-state index in [-0.39, 0.29) is 23.6 Å². The van der Waals surface area contributed by atoms with Crippen molar-refractivity contribution in [2.45, 2.75) is 32.7 Å². The Morgan fingerprint density at radius 2 is 1.84 bits per heavy atom. The Balaban J connectivity index is 1.73. The number of carbonyl (C=O) groups excluding carboxylic acids is 3. The first-order chi connectivity index (χ1) is 14.8. The van der Waals surface area contributed by atoms with E-state index >= 15 is 0 Å². The second-order valence-electron chi connectivity index (χ2n) is 7.73. The number of amides is 3. The molecule has 1 aliphatic rings. The van der Waals surface area contributed by atoms with Gasteiger partial charge in [-0.2, -0.15) is 0 Å². The van der Waals surface area contributed by atoms with Gasteiger partial charge in [-0.25, -0.2) is 0 Å². The van der Waals surface area contributed by atoms with Crippen molar-refractivity contribution in [1.29, 1.82) is 0 Å². The number of hydrogen-bond acceptors (Lipinski definition) is 4. The molecule has 0 spiro atoms. The van der Waals surface area contributed by atoms with E-state index in [2.05, 4.69) is 26.6 Å². The number of nitrogens with one attached hydrogen (secondary N) is 2. The molecule has 1 heterocycles. The van der Waals surface area contributed by atoms with E-state index in [1.807, 2.05) is 13.8 Å². The fourth-order valence-electron chi connectivity index (χ4n) is 3.46. The van der Waals surface area contributed by atoms with E-state index in [0.29, 0.717) is 35.7 Å². The predicted molar refractivity (Wildman–Crippen MR) is 123 cm³/mol. The van der Waals surface area contributed by atoms with Gasteiger partial charge in [-0.3, -0.25) is 14.4 Å². The van der Waals surface area contributed by atoms with Crippen LogP contribution in [0.15, 0.2) is 46.9 Å². The highest BCUT2D eigenvalue weighted by molar-refractivity contribution is 9.10. The topological polar surface area (TPSA) is 87.7 Å². The maximum Gasteiger partial charge on any atom is 0.251 e.